The van der Waals surface area contributed by atoms with Crippen molar-refractivity contribution in [2.45, 2.75) is 6.54 Å². The molecule has 2 amide bonds. The van der Waals surface area contributed by atoms with Gasteiger partial charge in [-0.05, 0) is 35.9 Å². The number of carbonyl (C=O) groups excluding carboxylic acids is 1. The van der Waals surface area contributed by atoms with Crippen LogP contribution in [0, 0.1) is 0 Å². The highest BCUT2D eigenvalue weighted by Crippen LogP contribution is 2.25. The molecule has 0 unspecified atom stereocenters. The molecule has 2 aromatic rings. The lowest BCUT2D eigenvalue weighted by atomic mass is 10.2. The van der Waals surface area contributed by atoms with Crippen molar-refractivity contribution in [2.75, 3.05) is 11.1 Å². The molecule has 0 fully saturated rings. The Kier molecular flexibility index (Phi) is 4.71. The molecule has 0 bridgehead atoms. The Balaban J connectivity index is 1.94. The molecule has 6 heteroatoms. The molecule has 0 aromatic heterocycles. The third-order valence-corrected chi connectivity index (χ3v) is 3.15. The molecular weight excluding hydrogens is 297 g/mol. The van der Waals surface area contributed by atoms with Gasteiger partial charge in [-0.25, -0.2) is 4.79 Å². The largest absolute Gasteiger partial charge is 0.399 e. The molecule has 0 aliphatic rings. The summed E-state index contributed by atoms with van der Waals surface area (Å²) in [5, 5.41) is 6.28. The lowest BCUT2D eigenvalue weighted by Crippen LogP contribution is -2.28. The highest BCUT2D eigenvalue weighted by atomic mass is 35.5. The summed E-state index contributed by atoms with van der Waals surface area (Å²) in [6, 6.07) is 11.8. The number of hydrogen-bond donors (Lipinski definition) is 3. The van der Waals surface area contributed by atoms with E-state index in [1.807, 2.05) is 12.1 Å². The molecule has 0 atom stereocenters. The number of rotatable bonds is 3. The smallest absolute Gasteiger partial charge is 0.319 e. The number of hydrogen-bond acceptors (Lipinski definition) is 2. The van der Waals surface area contributed by atoms with Gasteiger partial charge in [0.05, 0.1) is 10.7 Å². The maximum atomic E-state index is 11.8. The predicted octanol–water partition coefficient (Wildman–Crippen LogP) is 3.90. The lowest BCUT2D eigenvalue weighted by Gasteiger charge is -2.09. The second kappa shape index (κ2) is 6.50. The zero-order chi connectivity index (χ0) is 14.5. The van der Waals surface area contributed by atoms with E-state index in [1.165, 1.54) is 0 Å². The monoisotopic (exact) mass is 309 g/mol. The second-order valence-electron chi connectivity index (χ2n) is 4.18. The summed E-state index contributed by atoms with van der Waals surface area (Å²) < 4.78 is 0. The van der Waals surface area contributed by atoms with Gasteiger partial charge in [-0.15, -0.1) is 0 Å². The summed E-state index contributed by atoms with van der Waals surface area (Å²) in [4.78, 5) is 11.8. The standard InChI is InChI=1S/C14H13Cl2N3O/c15-10-4-5-12(16)13(7-10)19-14(20)18-8-9-2-1-3-11(17)6-9/h1-7H,8,17H2,(H2,18,19,20). The third kappa shape index (κ3) is 4.05. The number of anilines is 2. The zero-order valence-electron chi connectivity index (χ0n) is 10.5. The minimum Gasteiger partial charge on any atom is -0.399 e. The van der Waals surface area contributed by atoms with Crippen LogP contribution in [0.5, 0.6) is 0 Å². The van der Waals surface area contributed by atoms with Gasteiger partial charge in [0.25, 0.3) is 0 Å². The van der Waals surface area contributed by atoms with E-state index in [4.69, 9.17) is 28.9 Å². The Bertz CT molecular complexity index is 632. The lowest BCUT2D eigenvalue weighted by molar-refractivity contribution is 0.251. The highest BCUT2D eigenvalue weighted by Gasteiger charge is 2.06. The summed E-state index contributed by atoms with van der Waals surface area (Å²) in [6.45, 7) is 0.370. The molecule has 0 aliphatic heterocycles. The summed E-state index contributed by atoms with van der Waals surface area (Å²) in [5.74, 6) is 0. The van der Waals surface area contributed by atoms with Gasteiger partial charge >= 0.3 is 6.03 Å². The van der Waals surface area contributed by atoms with Crippen LogP contribution in [0.15, 0.2) is 42.5 Å². The topological polar surface area (TPSA) is 67.1 Å². The minimum atomic E-state index is -0.364. The summed E-state index contributed by atoms with van der Waals surface area (Å²) in [6.07, 6.45) is 0. The van der Waals surface area contributed by atoms with Gasteiger partial charge < -0.3 is 16.4 Å². The van der Waals surface area contributed by atoms with Crippen molar-refractivity contribution in [3.05, 3.63) is 58.1 Å². The van der Waals surface area contributed by atoms with Crippen molar-refractivity contribution in [3.8, 4) is 0 Å². The minimum absolute atomic E-state index is 0.364. The van der Waals surface area contributed by atoms with Gasteiger partial charge in [0.1, 0.15) is 0 Å². The van der Waals surface area contributed by atoms with Gasteiger partial charge in [0.15, 0.2) is 0 Å². The number of nitrogens with two attached hydrogens (primary N) is 1. The maximum absolute atomic E-state index is 11.8. The predicted molar refractivity (Wildman–Crippen MR) is 83.2 cm³/mol. The molecule has 2 aromatic carbocycles. The van der Waals surface area contributed by atoms with Gasteiger partial charge in [0, 0.05) is 17.3 Å². The fourth-order valence-electron chi connectivity index (χ4n) is 1.65. The molecule has 20 heavy (non-hydrogen) atoms. The van der Waals surface area contributed by atoms with Gasteiger partial charge in [-0.3, -0.25) is 0 Å². The molecule has 4 nitrogen and oxygen atoms in total. The van der Waals surface area contributed by atoms with E-state index < -0.39 is 0 Å². The molecule has 0 spiro atoms. The SMILES string of the molecule is Nc1cccc(CNC(=O)Nc2cc(Cl)ccc2Cl)c1. The first-order valence-electron chi connectivity index (χ1n) is 5.89. The van der Waals surface area contributed by atoms with Crippen molar-refractivity contribution in [2.24, 2.45) is 0 Å². The molecular formula is C14H13Cl2N3O. The van der Waals surface area contributed by atoms with E-state index in [9.17, 15) is 4.79 Å². The van der Waals surface area contributed by atoms with Crippen LogP contribution in [0.25, 0.3) is 0 Å². The van der Waals surface area contributed by atoms with E-state index in [0.717, 1.165) is 5.56 Å². The van der Waals surface area contributed by atoms with Crippen LogP contribution in [0.2, 0.25) is 10.0 Å². The van der Waals surface area contributed by atoms with Crippen LogP contribution < -0.4 is 16.4 Å². The first-order chi connectivity index (χ1) is 9.54. The van der Waals surface area contributed by atoms with Crippen molar-refractivity contribution in [1.29, 1.82) is 0 Å². The Hall–Kier alpha value is -1.91. The summed E-state index contributed by atoms with van der Waals surface area (Å²) >= 11 is 11.8. The van der Waals surface area contributed by atoms with E-state index in [0.29, 0.717) is 28.0 Å². The number of benzene rings is 2. The van der Waals surface area contributed by atoms with E-state index in [1.54, 1.807) is 30.3 Å². The Morgan fingerprint density at radius 3 is 2.70 bits per heavy atom. The highest BCUT2D eigenvalue weighted by molar-refractivity contribution is 6.35. The molecule has 0 saturated carbocycles. The van der Waals surface area contributed by atoms with Crippen LogP contribution in [0.1, 0.15) is 5.56 Å². The zero-order valence-corrected chi connectivity index (χ0v) is 12.0. The summed E-state index contributed by atoms with van der Waals surface area (Å²) in [5.41, 5.74) is 7.70. The Morgan fingerprint density at radius 2 is 1.95 bits per heavy atom. The fourth-order valence-corrected chi connectivity index (χ4v) is 1.98. The van der Waals surface area contributed by atoms with E-state index in [-0.39, 0.29) is 6.03 Å². The maximum Gasteiger partial charge on any atom is 0.319 e. The molecule has 104 valence electrons. The fraction of sp³-hybridized carbons (Fsp3) is 0.0714. The van der Waals surface area contributed by atoms with Crippen molar-refractivity contribution >= 4 is 40.6 Å². The quantitative estimate of drug-likeness (QED) is 0.753. The van der Waals surface area contributed by atoms with Crippen LogP contribution >= 0.6 is 23.2 Å². The molecule has 0 radical (unpaired) electrons. The average Bonchev–Trinajstić information content (AvgIpc) is 2.41. The van der Waals surface area contributed by atoms with Gasteiger partial charge in [-0.1, -0.05) is 35.3 Å². The van der Waals surface area contributed by atoms with E-state index in [2.05, 4.69) is 10.6 Å². The van der Waals surface area contributed by atoms with E-state index >= 15 is 0 Å². The third-order valence-electron chi connectivity index (χ3n) is 2.58. The van der Waals surface area contributed by atoms with Crippen LogP contribution in [0.4, 0.5) is 16.2 Å². The number of carbonyl (C=O) groups is 1. The number of urea groups is 1. The number of nitrogens with one attached hydrogen (secondary N) is 2. The first kappa shape index (κ1) is 14.5. The van der Waals surface area contributed by atoms with Crippen molar-refractivity contribution in [1.82, 2.24) is 5.32 Å². The Labute approximate surface area is 126 Å². The van der Waals surface area contributed by atoms with Crippen molar-refractivity contribution < 1.29 is 4.79 Å². The molecule has 0 saturated heterocycles. The molecule has 0 aliphatic carbocycles. The Morgan fingerprint density at radius 1 is 1.15 bits per heavy atom. The summed E-state index contributed by atoms with van der Waals surface area (Å²) in [7, 11) is 0. The number of amides is 2. The van der Waals surface area contributed by atoms with Crippen molar-refractivity contribution in [3.63, 3.8) is 0 Å². The van der Waals surface area contributed by atoms with Crippen LogP contribution in [-0.4, -0.2) is 6.03 Å². The van der Waals surface area contributed by atoms with Crippen LogP contribution in [-0.2, 0) is 6.54 Å². The molecule has 2 rings (SSSR count). The first-order valence-corrected chi connectivity index (χ1v) is 6.64. The molecule has 0 heterocycles. The second-order valence-corrected chi connectivity index (χ2v) is 5.02. The van der Waals surface area contributed by atoms with Crippen LogP contribution in [0.3, 0.4) is 0 Å². The number of nitrogen functional groups attached to an aromatic ring is 1. The van der Waals surface area contributed by atoms with Gasteiger partial charge in [0.2, 0.25) is 0 Å². The van der Waals surface area contributed by atoms with Gasteiger partial charge in [-0.2, -0.15) is 0 Å². The molecule has 4 N–H and O–H groups in total. The number of halogens is 2. The normalized spacial score (nSPS) is 10.1. The average molecular weight is 310 g/mol.